The number of benzene rings is 2. The minimum absolute atomic E-state index is 0.0675. The first-order valence-corrected chi connectivity index (χ1v) is 17.4. The lowest BCUT2D eigenvalue weighted by Crippen LogP contribution is -2.59. The van der Waals surface area contributed by atoms with Crippen LogP contribution in [0.3, 0.4) is 0 Å². The smallest absolute Gasteiger partial charge is 0.277 e. The highest BCUT2D eigenvalue weighted by molar-refractivity contribution is 6.39. The van der Waals surface area contributed by atoms with Gasteiger partial charge in [0.2, 0.25) is 11.8 Å². The van der Waals surface area contributed by atoms with E-state index in [1.54, 1.807) is 48.5 Å². The summed E-state index contributed by atoms with van der Waals surface area (Å²) < 4.78 is 8.78. The van der Waals surface area contributed by atoms with Crippen LogP contribution < -0.4 is 20.9 Å². The SMILES string of the molecule is COc1nc(-c2cccc(-c3cccc(-c4cc5c(=O)n(C)c(CN6CC(C)(O)C6)nn5c4)c3Cl)c2Cl)cc(Cl)c1CNCC1CCC(=O)N1. The number of aliphatic hydroxyl groups is 1. The minimum atomic E-state index is -0.718. The standard InChI is InChI=1S/C36H36Cl3N7O4/c1-36(49)18-45(19-36)17-30-43-46-16-20(12-29(46)35(48)44(30)2)22-6-4-7-23(32(22)38)24-8-5-9-25(33(24)39)28-13-27(37)26(34(42-28)50-3)15-40-14-21-10-11-31(47)41-21/h4-9,12-13,16,21,40,49H,10-11,14-15,17-19H2,1-3H3,(H,41,47). The van der Waals surface area contributed by atoms with Gasteiger partial charge in [-0.25, -0.2) is 9.50 Å². The van der Waals surface area contributed by atoms with E-state index in [1.165, 1.54) is 0 Å². The second-order valence-electron chi connectivity index (χ2n) is 13.2. The summed E-state index contributed by atoms with van der Waals surface area (Å²) in [4.78, 5) is 31.7. The number of rotatable bonds is 10. The fourth-order valence-electron chi connectivity index (χ4n) is 6.78. The van der Waals surface area contributed by atoms with Crippen LogP contribution in [0.2, 0.25) is 15.1 Å². The number of aromatic nitrogens is 4. The number of hydrogen-bond donors (Lipinski definition) is 3. The molecule has 0 spiro atoms. The van der Waals surface area contributed by atoms with Crippen molar-refractivity contribution in [3.8, 4) is 39.4 Å². The number of β-amino-alcohol motifs (C(OH)–C–C–N with tert-alkyl or cyclic N) is 1. The van der Waals surface area contributed by atoms with Crippen molar-refractivity contribution in [1.29, 1.82) is 0 Å². The normalized spacial score (nSPS) is 17.3. The van der Waals surface area contributed by atoms with Gasteiger partial charge in [-0.2, -0.15) is 5.10 Å². The highest BCUT2D eigenvalue weighted by Gasteiger charge is 2.37. The van der Waals surface area contributed by atoms with Gasteiger partial charge in [-0.1, -0.05) is 71.2 Å². The average Bonchev–Trinajstić information content (AvgIpc) is 3.69. The Morgan fingerprint density at radius 1 is 1.04 bits per heavy atom. The maximum Gasteiger partial charge on any atom is 0.277 e. The van der Waals surface area contributed by atoms with Crippen LogP contribution in [0, 0.1) is 0 Å². The monoisotopic (exact) mass is 735 g/mol. The number of ether oxygens (including phenoxy) is 1. The fourth-order valence-corrected chi connectivity index (χ4v) is 7.69. The molecule has 2 aliphatic heterocycles. The van der Waals surface area contributed by atoms with Crippen molar-refractivity contribution >= 4 is 46.2 Å². The number of methoxy groups -OCH3 is 1. The highest BCUT2D eigenvalue weighted by atomic mass is 35.5. The third kappa shape index (κ3) is 6.61. The number of fused-ring (bicyclic) bond motifs is 1. The van der Waals surface area contributed by atoms with Crippen molar-refractivity contribution < 1.29 is 14.6 Å². The summed E-state index contributed by atoms with van der Waals surface area (Å²) in [5.41, 5.74) is 4.27. The molecule has 2 aromatic carbocycles. The number of carbonyl (C=O) groups is 1. The molecule has 11 nitrogen and oxygen atoms in total. The summed E-state index contributed by atoms with van der Waals surface area (Å²) >= 11 is 21.0. The Balaban J connectivity index is 1.18. The van der Waals surface area contributed by atoms with Crippen LogP contribution in [-0.4, -0.2) is 73.5 Å². The number of amides is 1. The molecule has 0 aliphatic carbocycles. The van der Waals surface area contributed by atoms with Gasteiger partial charge in [0.05, 0.1) is 40.0 Å². The lowest BCUT2D eigenvalue weighted by molar-refractivity contribution is -0.119. The molecule has 260 valence electrons. The Morgan fingerprint density at radius 3 is 2.38 bits per heavy atom. The number of nitrogens with zero attached hydrogens (tertiary/aromatic N) is 5. The fraction of sp³-hybridized carbons (Fsp3) is 0.333. The zero-order valence-electron chi connectivity index (χ0n) is 27.8. The summed E-state index contributed by atoms with van der Waals surface area (Å²) in [7, 11) is 3.25. The molecule has 2 saturated heterocycles. The zero-order chi connectivity index (χ0) is 35.3. The van der Waals surface area contributed by atoms with E-state index in [0.29, 0.717) is 99.4 Å². The van der Waals surface area contributed by atoms with E-state index in [1.807, 2.05) is 41.3 Å². The van der Waals surface area contributed by atoms with Crippen LogP contribution in [0.4, 0.5) is 0 Å². The second kappa shape index (κ2) is 13.6. The summed E-state index contributed by atoms with van der Waals surface area (Å²) in [6, 6.07) is 15.0. The molecule has 50 heavy (non-hydrogen) atoms. The van der Waals surface area contributed by atoms with Crippen LogP contribution in [0.15, 0.2) is 59.5 Å². The van der Waals surface area contributed by atoms with E-state index in [9.17, 15) is 14.7 Å². The number of halogens is 3. The molecule has 0 saturated carbocycles. The second-order valence-corrected chi connectivity index (χ2v) is 14.4. The first kappa shape index (κ1) is 34.5. The molecular formula is C36H36Cl3N7O4. The van der Waals surface area contributed by atoms with Crippen LogP contribution in [-0.2, 0) is 24.9 Å². The number of hydrogen-bond acceptors (Lipinski definition) is 8. The molecule has 5 heterocycles. The lowest BCUT2D eigenvalue weighted by atomic mass is 9.97. The molecule has 7 rings (SSSR count). The molecule has 3 N–H and O–H groups in total. The third-order valence-electron chi connectivity index (χ3n) is 9.31. The zero-order valence-corrected chi connectivity index (χ0v) is 30.0. The molecule has 0 bridgehead atoms. The lowest BCUT2D eigenvalue weighted by Gasteiger charge is -2.44. The van der Waals surface area contributed by atoms with Crippen molar-refractivity contribution in [1.82, 2.24) is 34.7 Å². The average molecular weight is 737 g/mol. The molecular weight excluding hydrogens is 701 g/mol. The van der Waals surface area contributed by atoms with E-state index >= 15 is 0 Å². The van der Waals surface area contributed by atoms with Crippen LogP contribution in [0.1, 0.15) is 31.2 Å². The minimum Gasteiger partial charge on any atom is -0.481 e. The predicted molar refractivity (Wildman–Crippen MR) is 195 cm³/mol. The Bertz CT molecular complexity index is 2190. The maximum absolute atomic E-state index is 13.3. The molecule has 2 fully saturated rings. The Morgan fingerprint density at radius 2 is 1.72 bits per heavy atom. The molecule has 2 aliphatic rings. The van der Waals surface area contributed by atoms with Crippen molar-refractivity contribution in [3.05, 3.63) is 91.5 Å². The van der Waals surface area contributed by atoms with Gasteiger partial charge in [0, 0.05) is 85.3 Å². The van der Waals surface area contributed by atoms with Gasteiger partial charge < -0.3 is 20.5 Å². The van der Waals surface area contributed by atoms with Gasteiger partial charge in [0.25, 0.3) is 5.56 Å². The van der Waals surface area contributed by atoms with Gasteiger partial charge in [-0.05, 0) is 25.5 Å². The summed E-state index contributed by atoms with van der Waals surface area (Å²) in [5, 5.41) is 22.5. The molecule has 1 unspecified atom stereocenters. The molecule has 1 amide bonds. The van der Waals surface area contributed by atoms with E-state index in [0.717, 1.165) is 17.5 Å². The van der Waals surface area contributed by atoms with E-state index in [4.69, 9.17) is 49.6 Å². The molecule has 3 aromatic heterocycles. The predicted octanol–water partition coefficient (Wildman–Crippen LogP) is 5.33. The molecule has 14 heteroatoms. The van der Waals surface area contributed by atoms with Crippen LogP contribution in [0.5, 0.6) is 5.88 Å². The number of pyridine rings is 1. The van der Waals surface area contributed by atoms with Gasteiger partial charge in [-0.3, -0.25) is 19.1 Å². The Hall–Kier alpha value is -3.97. The number of nitrogens with one attached hydrogen (secondary N) is 2. The van der Waals surface area contributed by atoms with E-state index in [-0.39, 0.29) is 17.5 Å². The quantitative estimate of drug-likeness (QED) is 0.176. The summed E-state index contributed by atoms with van der Waals surface area (Å²) in [5.74, 6) is 1.03. The Labute approximate surface area is 303 Å². The van der Waals surface area contributed by atoms with Crippen molar-refractivity contribution in [2.24, 2.45) is 7.05 Å². The van der Waals surface area contributed by atoms with Gasteiger partial charge >= 0.3 is 0 Å². The first-order chi connectivity index (χ1) is 23.9. The third-order valence-corrected chi connectivity index (χ3v) is 10.5. The van der Waals surface area contributed by atoms with E-state index in [2.05, 4.69) is 10.6 Å². The van der Waals surface area contributed by atoms with Crippen molar-refractivity contribution in [2.45, 2.75) is 44.5 Å². The van der Waals surface area contributed by atoms with Gasteiger partial charge in [0.1, 0.15) is 11.3 Å². The van der Waals surface area contributed by atoms with Crippen LogP contribution in [0.25, 0.3) is 39.0 Å². The number of likely N-dealkylation sites (tertiary alicyclic amines) is 1. The van der Waals surface area contributed by atoms with Crippen molar-refractivity contribution in [2.75, 3.05) is 26.7 Å². The first-order valence-electron chi connectivity index (χ1n) is 16.3. The molecule has 1 atom stereocenters. The molecule has 5 aromatic rings. The van der Waals surface area contributed by atoms with Gasteiger partial charge in [0.15, 0.2) is 0 Å². The highest BCUT2D eigenvalue weighted by Crippen LogP contribution is 2.43. The maximum atomic E-state index is 13.3. The molecule has 0 radical (unpaired) electrons. The Kier molecular flexibility index (Phi) is 9.40. The summed E-state index contributed by atoms with van der Waals surface area (Å²) in [6.07, 6.45) is 3.13. The van der Waals surface area contributed by atoms with Gasteiger partial charge in [-0.15, -0.1) is 0 Å². The van der Waals surface area contributed by atoms with Crippen molar-refractivity contribution in [3.63, 3.8) is 0 Å². The topological polar surface area (TPSA) is 126 Å². The van der Waals surface area contributed by atoms with Crippen LogP contribution >= 0.6 is 34.8 Å². The number of carbonyl (C=O) groups excluding carboxylic acids is 1. The largest absolute Gasteiger partial charge is 0.481 e. The van der Waals surface area contributed by atoms with E-state index < -0.39 is 5.60 Å². The summed E-state index contributed by atoms with van der Waals surface area (Å²) in [6.45, 7) is 4.31.